The van der Waals surface area contributed by atoms with Gasteiger partial charge in [0.2, 0.25) is 4.77 Å². The van der Waals surface area contributed by atoms with Crippen LogP contribution in [0, 0.1) is 4.77 Å². The van der Waals surface area contributed by atoms with Gasteiger partial charge in [-0.2, -0.15) is 14.9 Å². The third-order valence-corrected chi connectivity index (χ3v) is 4.52. The summed E-state index contributed by atoms with van der Waals surface area (Å²) in [5, 5.41) is 11.2. The molecule has 9 nitrogen and oxygen atoms in total. The van der Waals surface area contributed by atoms with Crippen LogP contribution in [-0.2, 0) is 16.0 Å². The largest absolute Gasteiger partial charge is 0.493 e. The van der Waals surface area contributed by atoms with E-state index < -0.39 is 0 Å². The molecule has 150 valence electrons. The lowest BCUT2D eigenvalue weighted by Crippen LogP contribution is -2.43. The van der Waals surface area contributed by atoms with Crippen LogP contribution >= 0.6 is 12.2 Å². The fourth-order valence-electron chi connectivity index (χ4n) is 2.72. The number of carbonyl (C=O) groups excluding carboxylic acids is 1. The number of methoxy groups -OCH3 is 1. The van der Waals surface area contributed by atoms with Gasteiger partial charge in [0.25, 0.3) is 5.91 Å². The van der Waals surface area contributed by atoms with Crippen LogP contribution in [0.1, 0.15) is 18.3 Å². The predicted molar refractivity (Wildman–Crippen MR) is 106 cm³/mol. The number of aryl methyl sites for hydroxylation is 1. The zero-order valence-corrected chi connectivity index (χ0v) is 16.7. The summed E-state index contributed by atoms with van der Waals surface area (Å²) in [6.45, 7) is 4.22. The number of carbonyl (C=O) groups is 1. The molecule has 3 rings (SSSR count). The number of aromatic amines is 1. The molecule has 1 N–H and O–H groups in total. The first-order valence-corrected chi connectivity index (χ1v) is 9.40. The van der Waals surface area contributed by atoms with Gasteiger partial charge in [-0.3, -0.25) is 9.89 Å². The summed E-state index contributed by atoms with van der Waals surface area (Å²) in [4.78, 5) is 14.0. The number of rotatable bonds is 7. The Morgan fingerprint density at radius 2 is 2.18 bits per heavy atom. The molecule has 0 radical (unpaired) electrons. The SMILES string of the molecule is CCc1n[nH]c(=S)n1/N=C\c1ccc(OCC(=O)N2CCOCC2)c(OC)c1. The summed E-state index contributed by atoms with van der Waals surface area (Å²) in [7, 11) is 1.55. The molecule has 1 aromatic carbocycles. The number of nitrogens with zero attached hydrogens (tertiary/aromatic N) is 4. The lowest BCUT2D eigenvalue weighted by atomic mass is 10.2. The van der Waals surface area contributed by atoms with E-state index in [0.29, 0.717) is 49.0 Å². The number of benzene rings is 1. The van der Waals surface area contributed by atoms with E-state index in [1.54, 1.807) is 35.0 Å². The van der Waals surface area contributed by atoms with E-state index in [0.717, 1.165) is 11.4 Å². The van der Waals surface area contributed by atoms with Gasteiger partial charge in [-0.25, -0.2) is 0 Å². The zero-order chi connectivity index (χ0) is 19.9. The molecule has 0 spiro atoms. The van der Waals surface area contributed by atoms with Gasteiger partial charge in [0.05, 0.1) is 26.5 Å². The van der Waals surface area contributed by atoms with Crippen LogP contribution in [-0.4, -0.2) is 71.9 Å². The number of aromatic nitrogens is 3. The fraction of sp³-hybridized carbons (Fsp3) is 0.444. The molecule has 2 heterocycles. The third-order valence-electron chi connectivity index (χ3n) is 4.26. The molecular formula is C18H23N5O4S. The highest BCUT2D eigenvalue weighted by atomic mass is 32.1. The van der Waals surface area contributed by atoms with E-state index in [9.17, 15) is 4.79 Å². The van der Waals surface area contributed by atoms with Crippen molar-refractivity contribution in [3.8, 4) is 11.5 Å². The number of amides is 1. The van der Waals surface area contributed by atoms with Crippen molar-refractivity contribution in [1.29, 1.82) is 0 Å². The molecule has 1 aliphatic rings. The van der Waals surface area contributed by atoms with E-state index in [4.69, 9.17) is 26.4 Å². The summed E-state index contributed by atoms with van der Waals surface area (Å²) >= 11 is 5.18. The van der Waals surface area contributed by atoms with E-state index in [-0.39, 0.29) is 12.5 Å². The first-order chi connectivity index (χ1) is 13.6. The van der Waals surface area contributed by atoms with Crippen molar-refractivity contribution in [1.82, 2.24) is 19.8 Å². The summed E-state index contributed by atoms with van der Waals surface area (Å²) in [6, 6.07) is 5.37. The summed E-state index contributed by atoms with van der Waals surface area (Å²) < 4.78 is 18.3. The first kappa shape index (κ1) is 20.0. The number of hydrogen-bond donors (Lipinski definition) is 1. The smallest absolute Gasteiger partial charge is 0.260 e. The number of nitrogens with one attached hydrogen (secondary N) is 1. The first-order valence-electron chi connectivity index (χ1n) is 8.99. The molecule has 0 saturated carbocycles. The molecular weight excluding hydrogens is 382 g/mol. The van der Waals surface area contributed by atoms with Gasteiger partial charge in [-0.05, 0) is 36.0 Å². The summed E-state index contributed by atoms with van der Waals surface area (Å²) in [5.41, 5.74) is 0.800. The minimum absolute atomic E-state index is 0.0478. The Labute approximate surface area is 167 Å². The van der Waals surface area contributed by atoms with Gasteiger partial charge in [-0.1, -0.05) is 6.92 Å². The van der Waals surface area contributed by atoms with Gasteiger partial charge in [0.15, 0.2) is 23.9 Å². The highest BCUT2D eigenvalue weighted by Gasteiger charge is 2.18. The van der Waals surface area contributed by atoms with E-state index in [2.05, 4.69) is 15.3 Å². The van der Waals surface area contributed by atoms with Crippen LogP contribution in [0.3, 0.4) is 0 Å². The van der Waals surface area contributed by atoms with Gasteiger partial charge >= 0.3 is 0 Å². The molecule has 1 saturated heterocycles. The molecule has 0 unspecified atom stereocenters. The number of morpholine rings is 1. The Kier molecular flexibility index (Phi) is 6.77. The second kappa shape index (κ2) is 9.47. The third kappa shape index (κ3) is 4.76. The number of H-pyrrole nitrogens is 1. The van der Waals surface area contributed by atoms with Crippen LogP contribution in [0.2, 0.25) is 0 Å². The van der Waals surface area contributed by atoms with E-state index in [1.165, 1.54) is 0 Å². The summed E-state index contributed by atoms with van der Waals surface area (Å²) in [6.07, 6.45) is 2.37. The fourth-order valence-corrected chi connectivity index (χ4v) is 2.92. The van der Waals surface area contributed by atoms with Crippen LogP contribution in [0.25, 0.3) is 0 Å². The van der Waals surface area contributed by atoms with Crippen molar-refractivity contribution in [2.75, 3.05) is 40.0 Å². The van der Waals surface area contributed by atoms with Crippen LogP contribution in [0.5, 0.6) is 11.5 Å². The second-order valence-electron chi connectivity index (χ2n) is 6.05. The molecule has 1 amide bonds. The molecule has 1 aliphatic heterocycles. The molecule has 0 atom stereocenters. The Balaban J connectivity index is 1.68. The zero-order valence-electron chi connectivity index (χ0n) is 15.9. The Morgan fingerprint density at radius 3 is 2.89 bits per heavy atom. The van der Waals surface area contributed by atoms with Gasteiger partial charge in [0.1, 0.15) is 0 Å². The van der Waals surface area contributed by atoms with Crippen molar-refractivity contribution < 1.29 is 19.0 Å². The van der Waals surface area contributed by atoms with Crippen LogP contribution < -0.4 is 9.47 Å². The molecule has 1 aromatic heterocycles. The van der Waals surface area contributed by atoms with Crippen molar-refractivity contribution in [2.45, 2.75) is 13.3 Å². The van der Waals surface area contributed by atoms with Gasteiger partial charge < -0.3 is 19.1 Å². The number of hydrogen-bond acceptors (Lipinski definition) is 7. The Morgan fingerprint density at radius 1 is 1.39 bits per heavy atom. The summed E-state index contributed by atoms with van der Waals surface area (Å²) in [5.74, 6) is 1.69. The molecule has 10 heteroatoms. The molecule has 0 bridgehead atoms. The number of ether oxygens (including phenoxy) is 3. The molecule has 0 aliphatic carbocycles. The van der Waals surface area contributed by atoms with Crippen molar-refractivity contribution in [3.05, 3.63) is 34.4 Å². The lowest BCUT2D eigenvalue weighted by Gasteiger charge is -2.26. The van der Waals surface area contributed by atoms with E-state index >= 15 is 0 Å². The van der Waals surface area contributed by atoms with Gasteiger partial charge in [0, 0.05) is 19.5 Å². The average molecular weight is 405 g/mol. The monoisotopic (exact) mass is 405 g/mol. The quantitative estimate of drug-likeness (QED) is 0.556. The average Bonchev–Trinajstić information content (AvgIpc) is 3.10. The predicted octanol–water partition coefficient (Wildman–Crippen LogP) is 1.63. The minimum atomic E-state index is -0.0718. The maximum atomic E-state index is 12.2. The van der Waals surface area contributed by atoms with Crippen molar-refractivity contribution in [2.24, 2.45) is 5.10 Å². The van der Waals surface area contributed by atoms with Crippen LogP contribution in [0.4, 0.5) is 0 Å². The Hall–Kier alpha value is -2.72. The molecule has 1 fully saturated rings. The normalized spacial score (nSPS) is 14.4. The lowest BCUT2D eigenvalue weighted by molar-refractivity contribution is -0.137. The van der Waals surface area contributed by atoms with Crippen molar-refractivity contribution >= 4 is 24.3 Å². The highest BCUT2D eigenvalue weighted by Crippen LogP contribution is 2.27. The topological polar surface area (TPSA) is 94.0 Å². The van der Waals surface area contributed by atoms with Crippen molar-refractivity contribution in [3.63, 3.8) is 0 Å². The molecule has 28 heavy (non-hydrogen) atoms. The molecule has 2 aromatic rings. The van der Waals surface area contributed by atoms with E-state index in [1.807, 2.05) is 13.0 Å². The standard InChI is InChI=1S/C18H23N5O4S/c1-3-16-20-21-18(28)23(16)19-11-13-4-5-14(15(10-13)25-2)27-12-17(24)22-6-8-26-9-7-22/h4-5,10-11H,3,6-9,12H2,1-2H3,(H,21,28)/b19-11-. The maximum absolute atomic E-state index is 12.2. The van der Waals surface area contributed by atoms with Crippen LogP contribution in [0.15, 0.2) is 23.3 Å². The minimum Gasteiger partial charge on any atom is -0.493 e. The maximum Gasteiger partial charge on any atom is 0.260 e. The van der Waals surface area contributed by atoms with Gasteiger partial charge in [-0.15, -0.1) is 0 Å². The Bertz CT molecular complexity index is 902. The highest BCUT2D eigenvalue weighted by molar-refractivity contribution is 7.71. The second-order valence-corrected chi connectivity index (χ2v) is 6.43.